The van der Waals surface area contributed by atoms with Crippen LogP contribution in [0, 0.1) is 40.9 Å². The third-order valence-corrected chi connectivity index (χ3v) is 8.59. The van der Waals surface area contributed by atoms with Crippen LogP contribution in [0.5, 0.6) is 0 Å². The molecule has 0 aliphatic heterocycles. The molecule has 3 aliphatic carbocycles. The van der Waals surface area contributed by atoms with Crippen LogP contribution in [0.15, 0.2) is 0 Å². The van der Waals surface area contributed by atoms with Crippen LogP contribution >= 0.6 is 0 Å². The molecule has 7 atom stereocenters. The molecule has 3 saturated carbocycles. The predicted octanol–water partition coefficient (Wildman–Crippen LogP) is 8.11. The quantitative estimate of drug-likeness (QED) is 0.487. The first-order chi connectivity index (χ1) is 11.5. The Balaban J connectivity index is 0.000000256. The van der Waals surface area contributed by atoms with Crippen molar-refractivity contribution in [1.29, 1.82) is 0 Å². The minimum absolute atomic E-state index is 0.729. The first-order valence-corrected chi connectivity index (χ1v) is 11.5. The molecule has 0 heterocycles. The third-order valence-electron chi connectivity index (χ3n) is 8.59. The summed E-state index contributed by atoms with van der Waals surface area (Å²) in [5.74, 6) is 6.31. The third kappa shape index (κ3) is 4.21. The van der Waals surface area contributed by atoms with Crippen molar-refractivity contribution in [2.75, 3.05) is 0 Å². The number of rotatable bonds is 4. The van der Waals surface area contributed by atoms with Gasteiger partial charge in [-0.3, -0.25) is 0 Å². The van der Waals surface area contributed by atoms with Crippen molar-refractivity contribution >= 4 is 0 Å². The van der Waals surface area contributed by atoms with E-state index in [0.717, 1.165) is 40.9 Å². The molecule has 142 valence electrons. The lowest BCUT2D eigenvalue weighted by Crippen LogP contribution is -2.44. The molecular weight excluding hydrogens is 288 g/mol. The summed E-state index contributed by atoms with van der Waals surface area (Å²) in [7, 11) is 0. The predicted molar refractivity (Wildman–Crippen MR) is 108 cm³/mol. The number of fused-ring (bicyclic) bond motifs is 3. The highest BCUT2D eigenvalue weighted by molar-refractivity contribution is 5.03. The van der Waals surface area contributed by atoms with E-state index in [4.69, 9.17) is 0 Å². The molecule has 3 rings (SSSR count). The zero-order valence-electron chi connectivity index (χ0n) is 17.7. The molecule has 0 amide bonds. The van der Waals surface area contributed by atoms with Crippen molar-refractivity contribution in [3.8, 4) is 0 Å². The average molecular weight is 335 g/mol. The summed E-state index contributed by atoms with van der Waals surface area (Å²) in [6.07, 6.45) is 16.3. The maximum Gasteiger partial charge on any atom is -0.0266 e. The Bertz CT molecular complexity index is 359. The average Bonchev–Trinajstić information content (AvgIpc) is 2.92. The molecule has 0 bridgehead atoms. The lowest BCUT2D eigenvalue weighted by molar-refractivity contribution is -0.0294. The fourth-order valence-corrected chi connectivity index (χ4v) is 6.80. The van der Waals surface area contributed by atoms with E-state index in [1.54, 1.807) is 25.7 Å². The van der Waals surface area contributed by atoms with Gasteiger partial charge in [0.05, 0.1) is 0 Å². The molecule has 0 heteroatoms. The zero-order chi connectivity index (χ0) is 17.7. The minimum Gasteiger partial charge on any atom is -0.0654 e. The molecule has 0 spiro atoms. The Morgan fingerprint density at radius 1 is 0.958 bits per heavy atom. The summed E-state index contributed by atoms with van der Waals surface area (Å²) < 4.78 is 0. The van der Waals surface area contributed by atoms with Crippen molar-refractivity contribution in [3.05, 3.63) is 0 Å². The largest absolute Gasteiger partial charge is 0.0654 e. The molecule has 0 aromatic rings. The van der Waals surface area contributed by atoms with Crippen LogP contribution in [0.3, 0.4) is 0 Å². The van der Waals surface area contributed by atoms with Crippen LogP contribution < -0.4 is 0 Å². The number of hydrogen-bond donors (Lipinski definition) is 0. The van der Waals surface area contributed by atoms with Crippen molar-refractivity contribution in [1.82, 2.24) is 0 Å². The highest BCUT2D eigenvalue weighted by atomic mass is 14.6. The fourth-order valence-electron chi connectivity index (χ4n) is 6.80. The van der Waals surface area contributed by atoms with Gasteiger partial charge in [-0.25, -0.2) is 0 Å². The molecule has 3 fully saturated rings. The van der Waals surface area contributed by atoms with Crippen molar-refractivity contribution < 1.29 is 0 Å². The van der Waals surface area contributed by atoms with Crippen LogP contribution in [0.1, 0.15) is 112 Å². The first kappa shape index (κ1) is 20.3. The summed E-state index contributed by atoms with van der Waals surface area (Å²) >= 11 is 0. The SMILES string of the molecule is CCC1CCC2C3CCCC(C)C3CCC12C.CCCC(C)CC. The summed E-state index contributed by atoms with van der Waals surface area (Å²) in [5, 5.41) is 0. The van der Waals surface area contributed by atoms with Gasteiger partial charge in [0.15, 0.2) is 0 Å². The molecule has 0 saturated heterocycles. The molecule has 3 aliphatic rings. The van der Waals surface area contributed by atoms with E-state index >= 15 is 0 Å². The maximum atomic E-state index is 2.65. The monoisotopic (exact) mass is 334 g/mol. The first-order valence-electron chi connectivity index (χ1n) is 11.5. The topological polar surface area (TPSA) is 0 Å². The Morgan fingerprint density at radius 2 is 1.71 bits per heavy atom. The van der Waals surface area contributed by atoms with E-state index in [2.05, 4.69) is 41.5 Å². The van der Waals surface area contributed by atoms with E-state index in [0.29, 0.717) is 0 Å². The second-order valence-corrected chi connectivity index (χ2v) is 9.87. The van der Waals surface area contributed by atoms with Gasteiger partial charge in [-0.15, -0.1) is 0 Å². The van der Waals surface area contributed by atoms with E-state index in [1.807, 2.05) is 0 Å². The van der Waals surface area contributed by atoms with Crippen molar-refractivity contribution in [3.63, 3.8) is 0 Å². The Kier molecular flexibility index (Phi) is 7.69. The van der Waals surface area contributed by atoms with Gasteiger partial charge in [0, 0.05) is 0 Å². The van der Waals surface area contributed by atoms with Gasteiger partial charge < -0.3 is 0 Å². The highest BCUT2D eigenvalue weighted by Gasteiger charge is 2.54. The fraction of sp³-hybridized carbons (Fsp3) is 1.00. The van der Waals surface area contributed by atoms with Gasteiger partial charge in [0.25, 0.3) is 0 Å². The van der Waals surface area contributed by atoms with E-state index in [9.17, 15) is 0 Å². The molecule has 0 aromatic carbocycles. The summed E-state index contributed by atoms with van der Waals surface area (Å²) in [6.45, 7) is 14.4. The van der Waals surface area contributed by atoms with Gasteiger partial charge in [-0.1, -0.05) is 80.1 Å². The Labute approximate surface area is 153 Å². The van der Waals surface area contributed by atoms with Crippen LogP contribution in [-0.4, -0.2) is 0 Å². The summed E-state index contributed by atoms with van der Waals surface area (Å²) in [6, 6.07) is 0. The van der Waals surface area contributed by atoms with Crippen molar-refractivity contribution in [2.24, 2.45) is 40.9 Å². The smallest absolute Gasteiger partial charge is 0.0266 e. The second kappa shape index (κ2) is 9.09. The van der Waals surface area contributed by atoms with Crippen LogP contribution in [-0.2, 0) is 0 Å². The van der Waals surface area contributed by atoms with E-state index in [1.165, 1.54) is 44.9 Å². The molecule has 0 nitrogen and oxygen atoms in total. The van der Waals surface area contributed by atoms with E-state index in [-0.39, 0.29) is 0 Å². The van der Waals surface area contributed by atoms with Gasteiger partial charge in [-0.2, -0.15) is 0 Å². The Hall–Kier alpha value is 0. The molecule has 0 radical (unpaired) electrons. The van der Waals surface area contributed by atoms with Gasteiger partial charge in [0.2, 0.25) is 0 Å². The molecular formula is C24H46. The van der Waals surface area contributed by atoms with Crippen LogP contribution in [0.25, 0.3) is 0 Å². The van der Waals surface area contributed by atoms with Gasteiger partial charge >= 0.3 is 0 Å². The molecule has 7 unspecified atom stereocenters. The van der Waals surface area contributed by atoms with E-state index < -0.39 is 0 Å². The molecule has 24 heavy (non-hydrogen) atoms. The standard InChI is InChI=1S/C17H30.C7H16/c1-4-13-8-9-16-15-7-5-6-12(2)14(15)10-11-17(13,16)3;1-4-6-7(3)5-2/h12-16H,4-11H2,1-3H3;7H,4-6H2,1-3H3. The summed E-state index contributed by atoms with van der Waals surface area (Å²) in [4.78, 5) is 0. The Morgan fingerprint density at radius 3 is 2.29 bits per heavy atom. The summed E-state index contributed by atoms with van der Waals surface area (Å²) in [5.41, 5.74) is 0.729. The molecule has 0 aromatic heterocycles. The maximum absolute atomic E-state index is 2.65. The second-order valence-electron chi connectivity index (χ2n) is 9.87. The van der Waals surface area contributed by atoms with Gasteiger partial charge in [-0.05, 0) is 73.0 Å². The van der Waals surface area contributed by atoms with Crippen LogP contribution in [0.4, 0.5) is 0 Å². The highest BCUT2D eigenvalue weighted by Crippen LogP contribution is 2.62. The van der Waals surface area contributed by atoms with Gasteiger partial charge in [0.1, 0.15) is 0 Å². The lowest BCUT2D eigenvalue weighted by Gasteiger charge is -2.52. The number of hydrogen-bond acceptors (Lipinski definition) is 0. The zero-order valence-corrected chi connectivity index (χ0v) is 17.7. The minimum atomic E-state index is 0.729. The molecule has 0 N–H and O–H groups in total. The van der Waals surface area contributed by atoms with Crippen molar-refractivity contribution in [2.45, 2.75) is 112 Å². The normalized spacial score (nSPS) is 42.5. The lowest BCUT2D eigenvalue weighted by atomic mass is 9.53. The van der Waals surface area contributed by atoms with Crippen LogP contribution in [0.2, 0.25) is 0 Å².